The fourth-order valence-electron chi connectivity index (χ4n) is 1.44. The number of nitrogens with one attached hydrogen (secondary N) is 1. The van der Waals surface area contributed by atoms with Crippen molar-refractivity contribution in [2.24, 2.45) is 5.92 Å². The van der Waals surface area contributed by atoms with Crippen molar-refractivity contribution >= 4 is 5.69 Å². The normalized spacial score (nSPS) is 13.2. The van der Waals surface area contributed by atoms with Gasteiger partial charge in [-0.3, -0.25) is 0 Å². The maximum Gasteiger partial charge on any atom is 0.417 e. The van der Waals surface area contributed by atoms with Gasteiger partial charge in [-0.25, -0.2) is 0 Å². The molecule has 0 radical (unpaired) electrons. The van der Waals surface area contributed by atoms with Gasteiger partial charge in [-0.05, 0) is 24.1 Å². The Morgan fingerprint density at radius 3 is 2.47 bits per heavy atom. The van der Waals surface area contributed by atoms with Gasteiger partial charge in [0.1, 0.15) is 0 Å². The lowest BCUT2D eigenvalue weighted by atomic mass is 10.1. The number of aliphatic hydroxyl groups is 1. The molecule has 0 aliphatic heterocycles. The van der Waals surface area contributed by atoms with E-state index in [9.17, 15) is 18.3 Å². The van der Waals surface area contributed by atoms with E-state index in [-0.39, 0.29) is 18.2 Å². The molecule has 0 amide bonds. The highest BCUT2D eigenvalue weighted by Crippen LogP contribution is 2.33. The number of alkyl halides is 3. The van der Waals surface area contributed by atoms with Gasteiger partial charge in [0.15, 0.2) is 0 Å². The Labute approximate surface area is 109 Å². The quantitative estimate of drug-likeness (QED) is 0.885. The van der Waals surface area contributed by atoms with Gasteiger partial charge in [0, 0.05) is 12.2 Å². The maximum absolute atomic E-state index is 12.7. The molecule has 6 heteroatoms. The number of anilines is 1. The van der Waals surface area contributed by atoms with E-state index < -0.39 is 23.4 Å². The second kappa shape index (κ2) is 5.93. The molecule has 0 aromatic heterocycles. The van der Waals surface area contributed by atoms with Crippen molar-refractivity contribution in [3.8, 4) is 6.07 Å². The zero-order valence-corrected chi connectivity index (χ0v) is 10.6. The van der Waals surface area contributed by atoms with Crippen LogP contribution in [0.15, 0.2) is 18.2 Å². The smallest absolute Gasteiger partial charge is 0.391 e. The van der Waals surface area contributed by atoms with Crippen LogP contribution in [0.5, 0.6) is 0 Å². The van der Waals surface area contributed by atoms with Gasteiger partial charge in [-0.1, -0.05) is 13.8 Å². The van der Waals surface area contributed by atoms with Crippen molar-refractivity contribution in [2.75, 3.05) is 11.9 Å². The van der Waals surface area contributed by atoms with Gasteiger partial charge in [0.25, 0.3) is 0 Å². The number of benzene rings is 1. The Hall–Kier alpha value is -1.74. The predicted molar refractivity (Wildman–Crippen MR) is 65.5 cm³/mol. The molecule has 0 saturated heterocycles. The number of halogens is 3. The Balaban J connectivity index is 2.91. The van der Waals surface area contributed by atoms with Crippen molar-refractivity contribution in [2.45, 2.75) is 26.1 Å². The van der Waals surface area contributed by atoms with Crippen LogP contribution in [0.25, 0.3) is 0 Å². The third-order valence-electron chi connectivity index (χ3n) is 2.73. The van der Waals surface area contributed by atoms with E-state index >= 15 is 0 Å². The molecule has 104 valence electrons. The summed E-state index contributed by atoms with van der Waals surface area (Å²) in [5, 5.41) is 21.0. The summed E-state index contributed by atoms with van der Waals surface area (Å²) >= 11 is 0. The molecule has 1 atom stereocenters. The van der Waals surface area contributed by atoms with Gasteiger partial charge < -0.3 is 10.4 Å². The van der Waals surface area contributed by atoms with Crippen molar-refractivity contribution in [1.29, 1.82) is 5.26 Å². The third-order valence-corrected chi connectivity index (χ3v) is 2.73. The molecule has 0 fully saturated rings. The average Bonchev–Trinajstić information content (AvgIpc) is 2.34. The Morgan fingerprint density at radius 2 is 2.00 bits per heavy atom. The van der Waals surface area contributed by atoms with Gasteiger partial charge in [0.05, 0.1) is 23.3 Å². The number of hydrogen-bond donors (Lipinski definition) is 2. The molecule has 0 aliphatic carbocycles. The van der Waals surface area contributed by atoms with Crippen molar-refractivity contribution in [3.05, 3.63) is 29.3 Å². The zero-order valence-electron chi connectivity index (χ0n) is 10.6. The first kappa shape index (κ1) is 15.3. The van der Waals surface area contributed by atoms with Crippen molar-refractivity contribution in [3.63, 3.8) is 0 Å². The summed E-state index contributed by atoms with van der Waals surface area (Å²) in [7, 11) is 0. The van der Waals surface area contributed by atoms with E-state index in [2.05, 4.69) is 5.32 Å². The molecular weight excluding hydrogens is 257 g/mol. The van der Waals surface area contributed by atoms with E-state index in [1.807, 2.05) is 13.8 Å². The maximum atomic E-state index is 12.7. The fraction of sp³-hybridized carbons (Fsp3) is 0.462. The zero-order chi connectivity index (χ0) is 14.6. The second-order valence-corrected chi connectivity index (χ2v) is 4.56. The highest BCUT2D eigenvalue weighted by Gasteiger charge is 2.33. The lowest BCUT2D eigenvalue weighted by Crippen LogP contribution is -2.24. The molecule has 1 rings (SSSR count). The number of rotatable bonds is 4. The summed E-state index contributed by atoms with van der Waals surface area (Å²) in [5.41, 5.74) is -1.16. The molecule has 3 nitrogen and oxygen atoms in total. The lowest BCUT2D eigenvalue weighted by molar-refractivity contribution is -0.137. The molecular formula is C13H15F3N2O. The minimum absolute atomic E-state index is 0.00738. The average molecular weight is 272 g/mol. The molecule has 19 heavy (non-hydrogen) atoms. The number of nitriles is 1. The van der Waals surface area contributed by atoms with E-state index in [4.69, 9.17) is 5.26 Å². The summed E-state index contributed by atoms with van der Waals surface area (Å²) in [4.78, 5) is 0. The monoisotopic (exact) mass is 272 g/mol. The van der Waals surface area contributed by atoms with Crippen LogP contribution in [0.1, 0.15) is 25.0 Å². The number of nitrogens with zero attached hydrogens (tertiary/aromatic N) is 1. The minimum Gasteiger partial charge on any atom is -0.391 e. The summed E-state index contributed by atoms with van der Waals surface area (Å²) < 4.78 is 38.1. The molecule has 1 unspecified atom stereocenters. The molecule has 0 aliphatic rings. The molecule has 0 saturated carbocycles. The molecule has 2 N–H and O–H groups in total. The van der Waals surface area contributed by atoms with Crippen LogP contribution in [0.3, 0.4) is 0 Å². The second-order valence-electron chi connectivity index (χ2n) is 4.56. The van der Waals surface area contributed by atoms with E-state index in [0.717, 1.165) is 12.1 Å². The predicted octanol–water partition coefficient (Wildman–Crippen LogP) is 3.01. The van der Waals surface area contributed by atoms with Gasteiger partial charge in [-0.15, -0.1) is 0 Å². The first-order valence-corrected chi connectivity index (χ1v) is 5.79. The van der Waals surface area contributed by atoms with Crippen LogP contribution in [-0.2, 0) is 6.18 Å². The van der Waals surface area contributed by atoms with Crippen LogP contribution >= 0.6 is 0 Å². The Morgan fingerprint density at radius 1 is 1.37 bits per heavy atom. The standard InChI is InChI=1S/C13H15F3N2O/c1-8(2)12(19)7-18-10-4-3-9(6-17)11(5-10)13(14,15)16/h3-5,8,12,18-19H,7H2,1-2H3. The molecule has 0 spiro atoms. The Bertz CT molecular complexity index is 478. The molecule has 1 aromatic rings. The third kappa shape index (κ3) is 4.14. The van der Waals surface area contributed by atoms with Crippen LogP contribution in [0.4, 0.5) is 18.9 Å². The topological polar surface area (TPSA) is 56.0 Å². The molecule has 1 aromatic carbocycles. The van der Waals surface area contributed by atoms with Crippen LogP contribution in [0.2, 0.25) is 0 Å². The van der Waals surface area contributed by atoms with Crippen molar-refractivity contribution in [1.82, 2.24) is 0 Å². The Kier molecular flexibility index (Phi) is 4.78. The van der Waals surface area contributed by atoms with E-state index in [0.29, 0.717) is 0 Å². The summed E-state index contributed by atoms with van der Waals surface area (Å²) in [6, 6.07) is 4.90. The number of aliphatic hydroxyl groups excluding tert-OH is 1. The summed E-state index contributed by atoms with van der Waals surface area (Å²) in [6.07, 6.45) is -5.22. The summed E-state index contributed by atoms with van der Waals surface area (Å²) in [5.74, 6) is 0.00738. The fourth-order valence-corrected chi connectivity index (χ4v) is 1.44. The van der Waals surface area contributed by atoms with Crippen molar-refractivity contribution < 1.29 is 18.3 Å². The lowest BCUT2D eigenvalue weighted by Gasteiger charge is -2.17. The van der Waals surface area contributed by atoms with Gasteiger partial charge in [-0.2, -0.15) is 18.4 Å². The van der Waals surface area contributed by atoms with Gasteiger partial charge >= 0.3 is 6.18 Å². The van der Waals surface area contributed by atoms with Crippen LogP contribution in [-0.4, -0.2) is 17.8 Å². The first-order chi connectivity index (χ1) is 8.75. The minimum atomic E-state index is -4.57. The van der Waals surface area contributed by atoms with Crippen LogP contribution in [0, 0.1) is 17.2 Å². The molecule has 0 bridgehead atoms. The highest BCUT2D eigenvalue weighted by atomic mass is 19.4. The van der Waals surface area contributed by atoms with E-state index in [1.54, 1.807) is 0 Å². The number of hydrogen-bond acceptors (Lipinski definition) is 3. The highest BCUT2D eigenvalue weighted by molar-refractivity contribution is 5.53. The van der Waals surface area contributed by atoms with Gasteiger partial charge in [0.2, 0.25) is 0 Å². The molecule has 0 heterocycles. The van der Waals surface area contributed by atoms with E-state index in [1.165, 1.54) is 12.1 Å². The first-order valence-electron chi connectivity index (χ1n) is 5.79. The SMILES string of the molecule is CC(C)C(O)CNc1ccc(C#N)c(C(F)(F)F)c1. The van der Waals surface area contributed by atoms with Crippen LogP contribution < -0.4 is 5.32 Å². The largest absolute Gasteiger partial charge is 0.417 e. The summed E-state index contributed by atoms with van der Waals surface area (Å²) in [6.45, 7) is 3.78.